The van der Waals surface area contributed by atoms with Crippen LogP contribution in [0.1, 0.15) is 18.4 Å². The molecule has 7 heteroatoms. The molecular weight excluding hydrogens is 342 g/mol. The zero-order chi connectivity index (χ0) is 16.6. The second-order valence-electron chi connectivity index (χ2n) is 6.68. The minimum absolute atomic E-state index is 0.344. The van der Waals surface area contributed by atoms with Crippen molar-refractivity contribution in [3.05, 3.63) is 46.7 Å². The van der Waals surface area contributed by atoms with Crippen molar-refractivity contribution >= 4 is 27.4 Å². The third-order valence-corrected chi connectivity index (χ3v) is 7.16. The summed E-state index contributed by atoms with van der Waals surface area (Å²) in [6, 6.07) is 9.26. The van der Waals surface area contributed by atoms with E-state index in [1.54, 1.807) is 23.5 Å². The Morgan fingerprint density at radius 3 is 3.04 bits per heavy atom. The number of fused-ring (bicyclic) bond motifs is 1. The van der Waals surface area contributed by atoms with Gasteiger partial charge in [0, 0.05) is 19.6 Å². The summed E-state index contributed by atoms with van der Waals surface area (Å²) in [7, 11) is -3.51. The Morgan fingerprint density at radius 2 is 2.21 bits per heavy atom. The van der Waals surface area contributed by atoms with Crippen molar-refractivity contribution in [3.63, 3.8) is 0 Å². The predicted octanol–water partition coefficient (Wildman–Crippen LogP) is 2.70. The van der Waals surface area contributed by atoms with Crippen LogP contribution >= 0.6 is 11.3 Å². The second kappa shape index (κ2) is 6.24. The largest absolute Gasteiger partial charge is 0.593 e. The fraction of sp³-hybridized carbons (Fsp3) is 0.412. The van der Waals surface area contributed by atoms with Gasteiger partial charge in [0.1, 0.15) is 0 Å². The smallest absolute Gasteiger partial charge is 0.198 e. The summed E-state index contributed by atoms with van der Waals surface area (Å²) < 4.78 is 28.7. The molecule has 0 aliphatic carbocycles. The van der Waals surface area contributed by atoms with Crippen LogP contribution in [0.4, 0.5) is 5.69 Å². The second-order valence-corrected chi connectivity index (χ2v) is 9.11. The number of hydrogen-bond acceptors (Lipinski definition) is 5. The molecule has 1 aromatic carbocycles. The number of hydrogen-bond donors (Lipinski definition) is 2. The molecule has 2 N–H and O–H groups in total. The van der Waals surface area contributed by atoms with Crippen LogP contribution in [0.3, 0.4) is 0 Å². The lowest BCUT2D eigenvalue weighted by molar-refractivity contribution is 0.138. The Bertz CT molecular complexity index is 765. The van der Waals surface area contributed by atoms with E-state index in [0.29, 0.717) is 17.1 Å². The Hall–Kier alpha value is -1.25. The molecule has 1 fully saturated rings. The van der Waals surface area contributed by atoms with Gasteiger partial charge in [0.15, 0.2) is 15.3 Å². The van der Waals surface area contributed by atoms with E-state index in [0.717, 1.165) is 32.5 Å². The van der Waals surface area contributed by atoms with Crippen LogP contribution in [-0.4, -0.2) is 34.6 Å². The molecule has 2 unspecified atom stereocenters. The molecule has 5 nitrogen and oxygen atoms in total. The average molecular weight is 364 g/mol. The Morgan fingerprint density at radius 1 is 1.33 bits per heavy atom. The average Bonchev–Trinajstić information content (AvgIpc) is 3.02. The number of thiophene rings is 1. The molecule has 128 valence electrons. The third kappa shape index (κ3) is 3.14. The van der Waals surface area contributed by atoms with Crippen LogP contribution in [0.25, 0.3) is 0 Å². The van der Waals surface area contributed by atoms with Gasteiger partial charge >= 0.3 is 0 Å². The van der Waals surface area contributed by atoms with Crippen LogP contribution in [0.15, 0.2) is 46.0 Å². The number of rotatable bonds is 2. The molecule has 0 bridgehead atoms. The summed E-state index contributed by atoms with van der Waals surface area (Å²) in [5.74, 6) is 0. The number of sulfonamides is 1. The minimum Gasteiger partial charge on any atom is -0.593 e. The van der Waals surface area contributed by atoms with E-state index in [-0.39, 0.29) is 0 Å². The first-order valence-corrected chi connectivity index (χ1v) is 10.6. The van der Waals surface area contributed by atoms with Crippen molar-refractivity contribution in [1.82, 2.24) is 9.62 Å². The quantitative estimate of drug-likeness (QED) is 0.805. The molecular formula is C17H21N3O2S2. The van der Waals surface area contributed by atoms with E-state index in [2.05, 4.69) is 31.8 Å². The fourth-order valence-electron chi connectivity index (χ4n) is 3.72. The van der Waals surface area contributed by atoms with Gasteiger partial charge in [-0.15, -0.1) is 4.72 Å². The highest BCUT2D eigenvalue weighted by Crippen LogP contribution is 2.33. The summed E-state index contributed by atoms with van der Waals surface area (Å²) in [5.41, 5.74) is 1.54. The van der Waals surface area contributed by atoms with Gasteiger partial charge in [-0.05, 0) is 53.9 Å². The van der Waals surface area contributed by atoms with Crippen molar-refractivity contribution in [1.29, 1.82) is 0 Å². The maximum Gasteiger partial charge on any atom is 0.198 e. The zero-order valence-corrected chi connectivity index (χ0v) is 15.0. The highest BCUT2D eigenvalue weighted by Gasteiger charge is 2.44. The molecule has 1 aromatic heterocycles. The molecule has 4 rings (SSSR count). The van der Waals surface area contributed by atoms with E-state index >= 15 is 0 Å². The van der Waals surface area contributed by atoms with Gasteiger partial charge in [-0.1, -0.05) is 16.3 Å². The van der Waals surface area contributed by atoms with Crippen molar-refractivity contribution < 1.29 is 8.76 Å². The Kier molecular flexibility index (Phi) is 4.22. The number of anilines is 1. The fourth-order valence-corrected chi connectivity index (χ4v) is 5.98. The van der Waals surface area contributed by atoms with E-state index in [4.69, 9.17) is 0 Å². The summed E-state index contributed by atoms with van der Waals surface area (Å²) in [6.07, 6.45) is 1.85. The minimum atomic E-state index is -3.51. The SMILES string of the molecule is O=[S+]1([O-])NC2(CCCN(Cc3ccsc3)C2)CNc2ccccc21. The lowest BCUT2D eigenvalue weighted by Gasteiger charge is -2.42. The van der Waals surface area contributed by atoms with E-state index in [1.807, 2.05) is 12.1 Å². The first-order valence-electron chi connectivity index (χ1n) is 8.17. The van der Waals surface area contributed by atoms with Gasteiger partial charge in [-0.3, -0.25) is 4.90 Å². The van der Waals surface area contributed by atoms with E-state index < -0.39 is 15.9 Å². The summed E-state index contributed by atoms with van der Waals surface area (Å²) in [4.78, 5) is 2.70. The zero-order valence-electron chi connectivity index (χ0n) is 13.4. The molecule has 1 saturated heterocycles. The van der Waals surface area contributed by atoms with Crippen molar-refractivity contribution in [2.45, 2.75) is 29.8 Å². The molecule has 1 spiro atoms. The first-order chi connectivity index (χ1) is 11.6. The third-order valence-electron chi connectivity index (χ3n) is 4.79. The van der Waals surface area contributed by atoms with Gasteiger partial charge in [-0.25, -0.2) is 0 Å². The summed E-state index contributed by atoms with van der Waals surface area (Å²) >= 11 is 1.70. The molecule has 2 aliphatic heterocycles. The van der Waals surface area contributed by atoms with E-state index in [1.165, 1.54) is 5.56 Å². The molecule has 0 saturated carbocycles. The molecule has 24 heavy (non-hydrogen) atoms. The van der Waals surface area contributed by atoms with Crippen LogP contribution in [0.5, 0.6) is 0 Å². The Labute approximate surface area is 147 Å². The first kappa shape index (κ1) is 16.2. The number of likely N-dealkylation sites (tertiary alicyclic amines) is 1. The van der Waals surface area contributed by atoms with Gasteiger partial charge in [-0.2, -0.15) is 11.3 Å². The van der Waals surface area contributed by atoms with Crippen molar-refractivity contribution in [3.8, 4) is 0 Å². The number of nitrogens with one attached hydrogen (secondary N) is 2. The number of benzene rings is 1. The van der Waals surface area contributed by atoms with Crippen LogP contribution in [0.2, 0.25) is 0 Å². The van der Waals surface area contributed by atoms with Gasteiger partial charge < -0.3 is 9.87 Å². The highest BCUT2D eigenvalue weighted by molar-refractivity contribution is 7.96. The predicted molar refractivity (Wildman–Crippen MR) is 96.7 cm³/mol. The Balaban J connectivity index is 1.58. The molecule has 0 amide bonds. The van der Waals surface area contributed by atoms with Gasteiger partial charge in [0.25, 0.3) is 0 Å². The standard InChI is InChI=1S/C17H21N3O2S2/c21-24(22)16-5-2-1-4-15(16)18-12-17(19-24)7-3-8-20(13-17)10-14-6-9-23-11-14/h1-2,4-6,9,11,18H,3,7-8,10,12-13H2,(H-,19,21,22). The molecule has 2 atom stereocenters. The lowest BCUT2D eigenvalue weighted by Crippen LogP contribution is -2.61. The normalized spacial score (nSPS) is 30.5. The van der Waals surface area contributed by atoms with E-state index in [9.17, 15) is 8.76 Å². The van der Waals surface area contributed by atoms with Crippen molar-refractivity contribution in [2.24, 2.45) is 0 Å². The molecule has 0 radical (unpaired) electrons. The number of para-hydroxylation sites is 1. The lowest BCUT2D eigenvalue weighted by atomic mass is 9.89. The van der Waals surface area contributed by atoms with Crippen LogP contribution < -0.4 is 10.0 Å². The summed E-state index contributed by atoms with van der Waals surface area (Å²) in [5, 5.41) is 7.60. The molecule has 2 aromatic rings. The number of nitrogens with zero attached hydrogens (tertiary/aromatic N) is 1. The summed E-state index contributed by atoms with van der Waals surface area (Å²) in [6.45, 7) is 3.22. The van der Waals surface area contributed by atoms with Gasteiger partial charge in [0.05, 0.1) is 11.2 Å². The molecule has 2 aliphatic rings. The highest BCUT2D eigenvalue weighted by atomic mass is 32.3. The maximum absolute atomic E-state index is 12.8. The number of piperidine rings is 1. The van der Waals surface area contributed by atoms with Crippen molar-refractivity contribution in [2.75, 3.05) is 25.0 Å². The molecule has 3 heterocycles. The van der Waals surface area contributed by atoms with Gasteiger partial charge in [0.2, 0.25) is 0 Å². The van der Waals surface area contributed by atoms with Crippen LogP contribution in [-0.2, 0) is 21.2 Å². The maximum atomic E-state index is 12.8. The van der Waals surface area contributed by atoms with Crippen LogP contribution in [0, 0.1) is 0 Å². The topological polar surface area (TPSA) is 67.4 Å². The monoisotopic (exact) mass is 363 g/mol.